The van der Waals surface area contributed by atoms with Gasteiger partial charge in [-0.25, -0.2) is 0 Å². The molecule has 1 aromatic rings. The summed E-state index contributed by atoms with van der Waals surface area (Å²) in [6.45, 7) is 4.10. The normalized spacial score (nSPS) is 8.00. The molecular formula is C13H23ClO. The zero-order valence-corrected chi connectivity index (χ0v) is 10.6. The molecule has 0 radical (unpaired) electrons. The molecule has 0 saturated heterocycles. The van der Waals surface area contributed by atoms with Gasteiger partial charge in [0.05, 0.1) is 0 Å². The zero-order chi connectivity index (χ0) is 11.8. The number of aliphatic hydroxyl groups is 1. The van der Waals surface area contributed by atoms with E-state index in [0.717, 1.165) is 5.88 Å². The second kappa shape index (κ2) is 19.1. The average molecular weight is 231 g/mol. The fraction of sp³-hybridized carbons (Fsp3) is 0.538. The first-order valence-corrected chi connectivity index (χ1v) is 6.03. The summed E-state index contributed by atoms with van der Waals surface area (Å²) in [5.74, 6) is 0.827. The molecule has 0 saturated carbocycles. The van der Waals surface area contributed by atoms with Crippen molar-refractivity contribution in [3.05, 3.63) is 36.4 Å². The van der Waals surface area contributed by atoms with E-state index in [-0.39, 0.29) is 6.61 Å². The van der Waals surface area contributed by atoms with Crippen molar-refractivity contribution in [2.45, 2.75) is 33.1 Å². The Labute approximate surface area is 99.1 Å². The molecule has 0 unspecified atom stereocenters. The second-order valence-electron chi connectivity index (χ2n) is 2.87. The Morgan fingerprint density at radius 3 is 1.33 bits per heavy atom. The highest BCUT2D eigenvalue weighted by Crippen LogP contribution is 1.93. The molecule has 0 aromatic heterocycles. The van der Waals surface area contributed by atoms with Gasteiger partial charge in [-0.1, -0.05) is 56.2 Å². The molecule has 1 N–H and O–H groups in total. The first-order chi connectivity index (χ1) is 7.33. The van der Waals surface area contributed by atoms with Gasteiger partial charge in [0.2, 0.25) is 0 Å². The van der Waals surface area contributed by atoms with Crippen LogP contribution in [0.15, 0.2) is 36.4 Å². The molecule has 0 aliphatic heterocycles. The van der Waals surface area contributed by atoms with Crippen LogP contribution in [0.25, 0.3) is 0 Å². The summed E-state index contributed by atoms with van der Waals surface area (Å²) in [4.78, 5) is 0. The number of halogens is 1. The van der Waals surface area contributed by atoms with Gasteiger partial charge in [-0.2, -0.15) is 0 Å². The van der Waals surface area contributed by atoms with Gasteiger partial charge in [-0.05, 0) is 13.3 Å². The van der Waals surface area contributed by atoms with E-state index in [1.165, 1.54) is 19.3 Å². The molecule has 0 atom stereocenters. The van der Waals surface area contributed by atoms with Gasteiger partial charge in [0.1, 0.15) is 0 Å². The van der Waals surface area contributed by atoms with Crippen LogP contribution >= 0.6 is 11.6 Å². The van der Waals surface area contributed by atoms with Crippen LogP contribution in [0.3, 0.4) is 0 Å². The van der Waals surface area contributed by atoms with Crippen molar-refractivity contribution in [1.29, 1.82) is 0 Å². The fourth-order valence-electron chi connectivity index (χ4n) is 0.729. The topological polar surface area (TPSA) is 20.2 Å². The standard InChI is InChI=1S/C6H6.C5H11Cl.C2H6O/c1-2-4-6-5-3-1;1-2-3-4-5-6;1-2-3/h1-6H;2-5H2,1H3;3H,2H2,1H3. The lowest BCUT2D eigenvalue weighted by molar-refractivity contribution is 0.318. The maximum absolute atomic E-state index is 7.57. The monoisotopic (exact) mass is 230 g/mol. The van der Waals surface area contributed by atoms with Crippen LogP contribution in [0.5, 0.6) is 0 Å². The van der Waals surface area contributed by atoms with Gasteiger partial charge in [-0.15, -0.1) is 11.6 Å². The summed E-state index contributed by atoms with van der Waals surface area (Å²) in [6, 6.07) is 12.0. The fourth-order valence-corrected chi connectivity index (χ4v) is 0.918. The molecule has 88 valence electrons. The molecular weight excluding hydrogens is 208 g/mol. The van der Waals surface area contributed by atoms with Crippen LogP contribution in [-0.4, -0.2) is 17.6 Å². The average Bonchev–Trinajstić information content (AvgIpc) is 2.30. The van der Waals surface area contributed by atoms with Crippen molar-refractivity contribution in [1.82, 2.24) is 0 Å². The highest BCUT2D eigenvalue weighted by atomic mass is 35.5. The smallest absolute Gasteiger partial charge is 0.0402 e. The Kier molecular flexibility index (Phi) is 21.5. The number of benzene rings is 1. The van der Waals surface area contributed by atoms with Crippen molar-refractivity contribution in [2.24, 2.45) is 0 Å². The predicted octanol–water partition coefficient (Wildman–Crippen LogP) is 4.10. The van der Waals surface area contributed by atoms with Gasteiger partial charge in [0, 0.05) is 12.5 Å². The molecule has 0 bridgehead atoms. The van der Waals surface area contributed by atoms with Gasteiger partial charge < -0.3 is 5.11 Å². The van der Waals surface area contributed by atoms with Gasteiger partial charge >= 0.3 is 0 Å². The molecule has 0 aliphatic rings. The minimum Gasteiger partial charge on any atom is -0.397 e. The Bertz CT molecular complexity index is 135. The number of hydrogen-bond acceptors (Lipinski definition) is 1. The van der Waals surface area contributed by atoms with Crippen molar-refractivity contribution in [2.75, 3.05) is 12.5 Å². The number of alkyl halides is 1. The first-order valence-electron chi connectivity index (χ1n) is 5.50. The minimum atomic E-state index is 0.250. The lowest BCUT2D eigenvalue weighted by Crippen LogP contribution is -1.70. The second-order valence-corrected chi connectivity index (χ2v) is 3.24. The molecule has 1 nitrogen and oxygen atoms in total. The van der Waals surface area contributed by atoms with Crippen LogP contribution in [-0.2, 0) is 0 Å². The summed E-state index contributed by atoms with van der Waals surface area (Å²) in [5.41, 5.74) is 0. The molecule has 1 rings (SSSR count). The van der Waals surface area contributed by atoms with Crippen LogP contribution in [0.2, 0.25) is 0 Å². The number of rotatable bonds is 3. The Hall–Kier alpha value is -0.530. The quantitative estimate of drug-likeness (QED) is 0.612. The minimum absolute atomic E-state index is 0.250. The predicted molar refractivity (Wildman–Crippen MR) is 69.4 cm³/mol. The number of hydrogen-bond donors (Lipinski definition) is 1. The van der Waals surface area contributed by atoms with Crippen molar-refractivity contribution >= 4 is 11.6 Å². The van der Waals surface area contributed by atoms with E-state index >= 15 is 0 Å². The molecule has 1 aromatic carbocycles. The largest absolute Gasteiger partial charge is 0.397 e. The Morgan fingerprint density at radius 2 is 1.20 bits per heavy atom. The molecule has 2 heteroatoms. The van der Waals surface area contributed by atoms with E-state index in [0.29, 0.717) is 0 Å². The SMILES string of the molecule is CCCCCCl.CCO.c1ccccc1. The maximum atomic E-state index is 7.57. The van der Waals surface area contributed by atoms with E-state index in [1.54, 1.807) is 6.92 Å². The summed E-state index contributed by atoms with van der Waals surface area (Å²) in [7, 11) is 0. The molecule has 0 spiro atoms. The van der Waals surface area contributed by atoms with Crippen LogP contribution < -0.4 is 0 Å². The van der Waals surface area contributed by atoms with Crippen molar-refractivity contribution in [3.63, 3.8) is 0 Å². The van der Waals surface area contributed by atoms with Crippen LogP contribution in [0.1, 0.15) is 33.1 Å². The maximum Gasteiger partial charge on any atom is 0.0402 e. The van der Waals surface area contributed by atoms with Gasteiger partial charge in [0.15, 0.2) is 0 Å². The van der Waals surface area contributed by atoms with Crippen molar-refractivity contribution < 1.29 is 5.11 Å². The van der Waals surface area contributed by atoms with E-state index in [1.807, 2.05) is 36.4 Å². The molecule has 0 heterocycles. The highest BCUT2D eigenvalue weighted by molar-refractivity contribution is 6.17. The van der Waals surface area contributed by atoms with Crippen LogP contribution in [0, 0.1) is 0 Å². The lowest BCUT2D eigenvalue weighted by Gasteiger charge is -1.84. The Morgan fingerprint density at radius 1 is 0.867 bits per heavy atom. The summed E-state index contributed by atoms with van der Waals surface area (Å²) in [5, 5.41) is 7.57. The van der Waals surface area contributed by atoms with E-state index in [4.69, 9.17) is 16.7 Å². The molecule has 0 amide bonds. The van der Waals surface area contributed by atoms with E-state index in [2.05, 4.69) is 6.92 Å². The lowest BCUT2D eigenvalue weighted by atomic mass is 10.3. The van der Waals surface area contributed by atoms with Crippen LogP contribution in [0.4, 0.5) is 0 Å². The number of unbranched alkanes of at least 4 members (excludes halogenated alkanes) is 2. The Balaban J connectivity index is 0. The highest BCUT2D eigenvalue weighted by Gasteiger charge is 1.76. The van der Waals surface area contributed by atoms with E-state index in [9.17, 15) is 0 Å². The summed E-state index contributed by atoms with van der Waals surface area (Å²) < 4.78 is 0. The van der Waals surface area contributed by atoms with Crippen molar-refractivity contribution in [3.8, 4) is 0 Å². The third-order valence-electron chi connectivity index (χ3n) is 1.40. The molecule has 0 aliphatic carbocycles. The summed E-state index contributed by atoms with van der Waals surface area (Å²) >= 11 is 5.38. The first kappa shape index (κ1) is 16.9. The zero-order valence-electron chi connectivity index (χ0n) is 9.82. The summed E-state index contributed by atoms with van der Waals surface area (Å²) in [6.07, 6.45) is 3.73. The number of aliphatic hydroxyl groups excluding tert-OH is 1. The molecule has 0 fully saturated rings. The van der Waals surface area contributed by atoms with Gasteiger partial charge in [0.25, 0.3) is 0 Å². The van der Waals surface area contributed by atoms with E-state index < -0.39 is 0 Å². The van der Waals surface area contributed by atoms with Gasteiger partial charge in [-0.3, -0.25) is 0 Å². The third-order valence-corrected chi connectivity index (χ3v) is 1.67. The molecule has 15 heavy (non-hydrogen) atoms. The third kappa shape index (κ3) is 24.7.